The molecule has 0 saturated carbocycles. The van der Waals surface area contributed by atoms with Crippen LogP contribution in [0.1, 0.15) is 32.4 Å². The Morgan fingerprint density at radius 1 is 0.909 bits per heavy atom. The van der Waals surface area contributed by atoms with Gasteiger partial charge in [0.1, 0.15) is 0 Å². The Morgan fingerprint density at radius 2 is 1.55 bits per heavy atom. The summed E-state index contributed by atoms with van der Waals surface area (Å²) in [6, 6.07) is 15.7. The molecule has 2 aromatic carbocycles. The predicted molar refractivity (Wildman–Crippen MR) is 132 cm³/mol. The molecule has 2 aromatic heterocycles. The minimum atomic E-state index is -0.666. The molecule has 0 radical (unpaired) electrons. The molecule has 0 saturated heterocycles. The molecule has 2 atom stereocenters. The van der Waals surface area contributed by atoms with Crippen molar-refractivity contribution in [1.29, 1.82) is 0 Å². The monoisotopic (exact) mass is 462 g/mol. The van der Waals surface area contributed by atoms with Crippen molar-refractivity contribution in [3.05, 3.63) is 60.3 Å². The quantitative estimate of drug-likeness (QED) is 0.383. The van der Waals surface area contributed by atoms with Crippen LogP contribution in [-0.4, -0.2) is 32.9 Å². The van der Waals surface area contributed by atoms with Gasteiger partial charge in [0.25, 0.3) is 5.89 Å². The summed E-state index contributed by atoms with van der Waals surface area (Å²) in [5, 5.41) is 9.45. The largest absolute Gasteiger partial charge is 0.414 e. The number of hydrogen-bond acceptors (Lipinski definition) is 8. The van der Waals surface area contributed by atoms with Gasteiger partial charge in [0.15, 0.2) is 11.5 Å². The molecule has 0 aliphatic heterocycles. The third-order valence-electron chi connectivity index (χ3n) is 5.01. The Morgan fingerprint density at radius 3 is 2.18 bits per heavy atom. The van der Waals surface area contributed by atoms with E-state index in [-0.39, 0.29) is 23.9 Å². The number of rotatable bonds is 7. The maximum atomic E-state index is 6.08. The van der Waals surface area contributed by atoms with Crippen LogP contribution in [0.5, 0.6) is 0 Å². The van der Waals surface area contributed by atoms with Crippen LogP contribution in [0.3, 0.4) is 0 Å². The number of benzene rings is 2. The van der Waals surface area contributed by atoms with Gasteiger partial charge in [-0.05, 0) is 45.1 Å². The first kappa shape index (κ1) is 23.0. The lowest BCUT2D eigenvalue weighted by Gasteiger charge is -2.16. The fraction of sp³-hybridized carbons (Fsp3) is 0.250. The number of hydrogen-bond donors (Lipinski definition) is 2. The molecule has 0 spiro atoms. The van der Waals surface area contributed by atoms with Gasteiger partial charge in [0.2, 0.25) is 5.89 Å². The summed E-state index contributed by atoms with van der Waals surface area (Å²) >= 11 is 0. The van der Waals surface area contributed by atoms with Crippen molar-refractivity contribution in [2.75, 3.05) is 12.4 Å². The van der Waals surface area contributed by atoms with E-state index in [0.717, 1.165) is 22.0 Å². The van der Waals surface area contributed by atoms with Gasteiger partial charge in [-0.15, -0.1) is 10.2 Å². The van der Waals surface area contributed by atoms with Gasteiger partial charge < -0.3 is 20.4 Å². The highest BCUT2D eigenvalue weighted by molar-refractivity contribution is 7.60. The predicted octanol–water partition coefficient (Wildman–Crippen LogP) is 4.54. The molecule has 33 heavy (non-hydrogen) atoms. The van der Waals surface area contributed by atoms with Crippen molar-refractivity contribution >= 4 is 19.3 Å². The molecule has 0 bridgehead atoms. The fourth-order valence-corrected chi connectivity index (χ4v) is 4.60. The topological polar surface area (TPSA) is 126 Å². The number of nitrogens with two attached hydrogens (primary N) is 2. The molecule has 1 unspecified atom stereocenters. The summed E-state index contributed by atoms with van der Waals surface area (Å²) in [7, 11) is -0.666. The summed E-state index contributed by atoms with van der Waals surface area (Å²) in [5.41, 5.74) is 15.7. The fourth-order valence-electron chi connectivity index (χ4n) is 3.28. The molecule has 2 heterocycles. The molecule has 9 heteroatoms. The van der Waals surface area contributed by atoms with Gasteiger partial charge in [-0.25, -0.2) is 9.97 Å². The first-order chi connectivity index (χ1) is 15.8. The Bertz CT molecular complexity index is 1220. The molecule has 0 aliphatic rings. The highest BCUT2D eigenvalue weighted by Crippen LogP contribution is 2.33. The van der Waals surface area contributed by atoms with Gasteiger partial charge in [0, 0.05) is 22.5 Å². The zero-order valence-electron chi connectivity index (χ0n) is 19.1. The van der Waals surface area contributed by atoms with E-state index in [9.17, 15) is 0 Å². The van der Waals surface area contributed by atoms with Crippen LogP contribution in [0.2, 0.25) is 0 Å². The van der Waals surface area contributed by atoms with E-state index >= 15 is 0 Å². The van der Waals surface area contributed by atoms with Gasteiger partial charge in [-0.3, -0.25) is 0 Å². The van der Waals surface area contributed by atoms with Gasteiger partial charge in [-0.2, -0.15) is 0 Å². The smallest absolute Gasteiger partial charge is 0.270 e. The van der Waals surface area contributed by atoms with E-state index < -0.39 is 8.15 Å². The third-order valence-corrected chi connectivity index (χ3v) is 6.77. The average Bonchev–Trinajstić information content (AvgIpc) is 3.29. The van der Waals surface area contributed by atoms with E-state index in [1.165, 1.54) is 0 Å². The van der Waals surface area contributed by atoms with Crippen LogP contribution < -0.4 is 16.8 Å². The first-order valence-electron chi connectivity index (χ1n) is 10.6. The van der Waals surface area contributed by atoms with Gasteiger partial charge >= 0.3 is 0 Å². The molecule has 0 fully saturated rings. The van der Waals surface area contributed by atoms with Crippen molar-refractivity contribution in [3.63, 3.8) is 0 Å². The number of aromatic nitrogens is 4. The zero-order chi connectivity index (χ0) is 23.5. The Balaban J connectivity index is 1.59. The third kappa shape index (κ3) is 5.25. The molecular weight excluding hydrogens is 435 g/mol. The molecule has 4 N–H and O–H groups in total. The normalized spacial score (nSPS) is 13.3. The molecule has 170 valence electrons. The molecule has 0 aliphatic carbocycles. The number of nitrogens with zero attached hydrogens (tertiary/aromatic N) is 4. The van der Waals surface area contributed by atoms with Crippen LogP contribution in [0.4, 0.5) is 5.82 Å². The second kappa shape index (κ2) is 9.75. The second-order valence-corrected chi connectivity index (χ2v) is 9.73. The van der Waals surface area contributed by atoms with Crippen molar-refractivity contribution in [3.8, 4) is 34.3 Å². The van der Waals surface area contributed by atoms with E-state index in [0.29, 0.717) is 17.3 Å². The van der Waals surface area contributed by atoms with Crippen molar-refractivity contribution in [2.45, 2.75) is 32.9 Å². The number of anilines is 1. The van der Waals surface area contributed by atoms with E-state index in [2.05, 4.69) is 39.0 Å². The van der Waals surface area contributed by atoms with Gasteiger partial charge in [-0.1, -0.05) is 36.4 Å². The minimum Gasteiger partial charge on any atom is -0.414 e. The average molecular weight is 462 g/mol. The SMILES string of the molecule is CC(C)OP(C)c1ccc(-c2cnc(N)c(-c3nnc(-c4ccc([C@@H](C)N)cc4)o3)n2)cc1. The molecule has 4 aromatic rings. The first-order valence-corrected chi connectivity index (χ1v) is 12.4. The van der Waals surface area contributed by atoms with Crippen LogP contribution >= 0.6 is 8.15 Å². The van der Waals surface area contributed by atoms with E-state index in [4.69, 9.17) is 20.4 Å². The summed E-state index contributed by atoms with van der Waals surface area (Å²) in [6.07, 6.45) is 1.82. The summed E-state index contributed by atoms with van der Waals surface area (Å²) in [5.74, 6) is 0.811. The number of nitrogen functional groups attached to an aromatic ring is 1. The standard InChI is InChI=1S/C24H27N6O2P/c1-14(2)32-33(4)19-11-9-17(10-12-19)20-13-27-22(26)21(28-20)24-30-29-23(31-24)18-7-5-16(6-8-18)15(3)25/h5-15H,25H2,1-4H3,(H2,26,27)/t15-,33?/m1/s1. The highest BCUT2D eigenvalue weighted by Gasteiger charge is 2.17. The van der Waals surface area contributed by atoms with Crippen LogP contribution in [0.15, 0.2) is 59.1 Å². The summed E-state index contributed by atoms with van der Waals surface area (Å²) in [4.78, 5) is 8.95. The zero-order valence-corrected chi connectivity index (χ0v) is 20.0. The lowest BCUT2D eigenvalue weighted by atomic mass is 10.1. The van der Waals surface area contributed by atoms with Crippen molar-refractivity contribution in [2.24, 2.45) is 5.73 Å². The maximum absolute atomic E-state index is 6.08. The van der Waals surface area contributed by atoms with Crippen LogP contribution in [0, 0.1) is 0 Å². The highest BCUT2D eigenvalue weighted by atomic mass is 31.1. The lowest BCUT2D eigenvalue weighted by molar-refractivity contribution is 0.276. The molecular formula is C24H27N6O2P. The van der Waals surface area contributed by atoms with E-state index in [1.54, 1.807) is 6.20 Å². The van der Waals surface area contributed by atoms with Gasteiger partial charge in [0.05, 0.1) is 26.1 Å². The summed E-state index contributed by atoms with van der Waals surface area (Å²) < 4.78 is 11.8. The Kier molecular flexibility index (Phi) is 6.79. The van der Waals surface area contributed by atoms with Crippen LogP contribution in [-0.2, 0) is 4.52 Å². The van der Waals surface area contributed by atoms with E-state index in [1.807, 2.05) is 57.2 Å². The lowest BCUT2D eigenvalue weighted by Crippen LogP contribution is -2.06. The maximum Gasteiger partial charge on any atom is 0.270 e. The van der Waals surface area contributed by atoms with Crippen molar-refractivity contribution < 1.29 is 8.94 Å². The molecule has 0 amide bonds. The Labute approximate surface area is 194 Å². The molecule has 4 rings (SSSR count). The Hall–Kier alpha value is -3.19. The van der Waals surface area contributed by atoms with Crippen molar-refractivity contribution in [1.82, 2.24) is 20.2 Å². The second-order valence-electron chi connectivity index (χ2n) is 8.01. The van der Waals surface area contributed by atoms with Crippen LogP contribution in [0.25, 0.3) is 34.3 Å². The molecule has 8 nitrogen and oxygen atoms in total. The summed E-state index contributed by atoms with van der Waals surface area (Å²) in [6.45, 7) is 8.11. The minimum absolute atomic E-state index is 0.0452.